The van der Waals surface area contributed by atoms with Crippen LogP contribution in [-0.4, -0.2) is 5.11 Å². The monoisotopic (exact) mass is 256 g/mol. The molecule has 2 unspecified atom stereocenters. The van der Waals surface area contributed by atoms with E-state index in [9.17, 15) is 5.11 Å². The van der Waals surface area contributed by atoms with Crippen LogP contribution < -0.4 is 0 Å². The van der Waals surface area contributed by atoms with Gasteiger partial charge in [0.1, 0.15) is 11.9 Å². The van der Waals surface area contributed by atoms with Gasteiger partial charge in [-0.1, -0.05) is 24.3 Å². The number of furan rings is 1. The zero-order valence-corrected chi connectivity index (χ0v) is 11.3. The number of rotatable bonds is 3. The summed E-state index contributed by atoms with van der Waals surface area (Å²) in [5.74, 6) is 1.17. The Morgan fingerprint density at radius 2 is 2.16 bits per heavy atom. The highest BCUT2D eigenvalue weighted by atomic mass is 16.4. The number of aliphatic hydroxyl groups is 1. The third-order valence-electron chi connectivity index (χ3n) is 4.21. The summed E-state index contributed by atoms with van der Waals surface area (Å²) >= 11 is 0. The minimum absolute atomic E-state index is 0.449. The van der Waals surface area contributed by atoms with Crippen LogP contribution in [0.15, 0.2) is 41.0 Å². The van der Waals surface area contributed by atoms with Crippen LogP contribution in [0.3, 0.4) is 0 Å². The van der Waals surface area contributed by atoms with Crippen LogP contribution in [0.25, 0.3) is 0 Å². The van der Waals surface area contributed by atoms with Crippen LogP contribution in [0.2, 0.25) is 0 Å². The fourth-order valence-electron chi connectivity index (χ4n) is 3.20. The zero-order chi connectivity index (χ0) is 13.2. The highest BCUT2D eigenvalue weighted by Crippen LogP contribution is 2.38. The molecule has 3 rings (SSSR count). The van der Waals surface area contributed by atoms with Crippen LogP contribution in [0.5, 0.6) is 0 Å². The van der Waals surface area contributed by atoms with Gasteiger partial charge in [-0.15, -0.1) is 0 Å². The van der Waals surface area contributed by atoms with Gasteiger partial charge in [0.25, 0.3) is 0 Å². The van der Waals surface area contributed by atoms with Crippen molar-refractivity contribution in [2.75, 3.05) is 0 Å². The largest absolute Gasteiger partial charge is 0.466 e. The molecule has 2 heteroatoms. The van der Waals surface area contributed by atoms with Gasteiger partial charge in [-0.2, -0.15) is 0 Å². The summed E-state index contributed by atoms with van der Waals surface area (Å²) in [5, 5.41) is 10.4. The molecular formula is C17H20O2. The average molecular weight is 256 g/mol. The summed E-state index contributed by atoms with van der Waals surface area (Å²) in [5.41, 5.74) is 3.90. The Morgan fingerprint density at radius 1 is 1.32 bits per heavy atom. The predicted molar refractivity (Wildman–Crippen MR) is 75.1 cm³/mol. The Bertz CT molecular complexity index is 556. The first-order chi connectivity index (χ1) is 9.25. The minimum Gasteiger partial charge on any atom is -0.466 e. The highest BCUT2D eigenvalue weighted by Gasteiger charge is 2.24. The standard InChI is InChI=1S/C17H20O2/c1-12-9-10-19-17(12)16(18)11-14-7-4-6-13-5-2-3-8-15(13)14/h2-3,5,8-10,14,16,18H,4,6-7,11H2,1H3. The molecule has 1 aliphatic rings. The quantitative estimate of drug-likeness (QED) is 0.895. The van der Waals surface area contributed by atoms with Gasteiger partial charge in [0.05, 0.1) is 6.26 Å². The molecule has 0 aliphatic heterocycles. The van der Waals surface area contributed by atoms with E-state index < -0.39 is 6.10 Å². The van der Waals surface area contributed by atoms with Crippen LogP contribution in [-0.2, 0) is 6.42 Å². The van der Waals surface area contributed by atoms with E-state index in [-0.39, 0.29) is 0 Å². The average Bonchev–Trinajstić information content (AvgIpc) is 2.85. The van der Waals surface area contributed by atoms with E-state index in [2.05, 4.69) is 24.3 Å². The summed E-state index contributed by atoms with van der Waals surface area (Å²) < 4.78 is 5.41. The molecule has 0 fully saturated rings. The summed E-state index contributed by atoms with van der Waals surface area (Å²) in [6, 6.07) is 10.5. The van der Waals surface area contributed by atoms with Crippen LogP contribution in [0, 0.1) is 6.92 Å². The van der Waals surface area contributed by atoms with Gasteiger partial charge >= 0.3 is 0 Å². The molecule has 0 saturated carbocycles. The van der Waals surface area contributed by atoms with Crippen molar-refractivity contribution in [3.05, 3.63) is 59.0 Å². The maximum Gasteiger partial charge on any atom is 0.135 e. The second-order valence-corrected chi connectivity index (χ2v) is 5.51. The van der Waals surface area contributed by atoms with Crippen molar-refractivity contribution in [3.63, 3.8) is 0 Å². The molecule has 0 saturated heterocycles. The van der Waals surface area contributed by atoms with Crippen LogP contribution in [0.1, 0.15) is 53.7 Å². The van der Waals surface area contributed by atoms with Crippen LogP contribution >= 0.6 is 0 Å². The normalized spacial score (nSPS) is 20.0. The van der Waals surface area contributed by atoms with Gasteiger partial charge in [-0.25, -0.2) is 0 Å². The van der Waals surface area contributed by atoms with E-state index in [0.717, 1.165) is 24.2 Å². The van der Waals surface area contributed by atoms with E-state index in [1.807, 2.05) is 13.0 Å². The fraction of sp³-hybridized carbons (Fsp3) is 0.412. The van der Waals surface area contributed by atoms with Crippen molar-refractivity contribution in [3.8, 4) is 0 Å². The minimum atomic E-state index is -0.494. The maximum absolute atomic E-state index is 10.4. The maximum atomic E-state index is 10.4. The Morgan fingerprint density at radius 3 is 2.95 bits per heavy atom. The lowest BCUT2D eigenvalue weighted by Gasteiger charge is -2.27. The van der Waals surface area contributed by atoms with Gasteiger partial charge in [0, 0.05) is 0 Å². The molecule has 0 amide bonds. The first-order valence-corrected chi connectivity index (χ1v) is 7.05. The molecule has 2 atom stereocenters. The lowest BCUT2D eigenvalue weighted by atomic mass is 9.79. The lowest BCUT2D eigenvalue weighted by molar-refractivity contribution is 0.128. The highest BCUT2D eigenvalue weighted by molar-refractivity contribution is 5.33. The molecule has 2 aromatic rings. The van der Waals surface area contributed by atoms with Crippen molar-refractivity contribution in [2.45, 2.75) is 44.6 Å². The van der Waals surface area contributed by atoms with Crippen molar-refractivity contribution >= 4 is 0 Å². The van der Waals surface area contributed by atoms with E-state index in [0.29, 0.717) is 5.92 Å². The van der Waals surface area contributed by atoms with E-state index >= 15 is 0 Å². The molecule has 0 spiro atoms. The number of hydrogen-bond donors (Lipinski definition) is 1. The molecular weight excluding hydrogens is 236 g/mol. The van der Waals surface area contributed by atoms with Gasteiger partial charge in [0.15, 0.2) is 0 Å². The molecule has 19 heavy (non-hydrogen) atoms. The Hall–Kier alpha value is -1.54. The second-order valence-electron chi connectivity index (χ2n) is 5.51. The first kappa shape index (κ1) is 12.5. The van der Waals surface area contributed by atoms with Gasteiger partial charge in [-0.3, -0.25) is 0 Å². The topological polar surface area (TPSA) is 33.4 Å². The van der Waals surface area contributed by atoms with Crippen LogP contribution in [0.4, 0.5) is 0 Å². The molecule has 2 nitrogen and oxygen atoms in total. The Balaban J connectivity index is 1.80. The summed E-state index contributed by atoms with van der Waals surface area (Å²) in [4.78, 5) is 0. The SMILES string of the molecule is Cc1ccoc1C(O)CC1CCCc2ccccc21. The summed E-state index contributed by atoms with van der Waals surface area (Å²) in [6.45, 7) is 1.98. The first-order valence-electron chi connectivity index (χ1n) is 7.05. The van der Waals surface area contributed by atoms with Gasteiger partial charge in [0.2, 0.25) is 0 Å². The smallest absolute Gasteiger partial charge is 0.135 e. The van der Waals surface area contributed by atoms with Crippen molar-refractivity contribution in [2.24, 2.45) is 0 Å². The third kappa shape index (κ3) is 2.45. The van der Waals surface area contributed by atoms with Crippen molar-refractivity contribution < 1.29 is 9.52 Å². The van der Waals surface area contributed by atoms with E-state index in [1.165, 1.54) is 24.0 Å². The number of hydrogen-bond acceptors (Lipinski definition) is 2. The molecule has 1 aliphatic carbocycles. The number of benzene rings is 1. The molecule has 1 heterocycles. The number of aliphatic hydroxyl groups excluding tert-OH is 1. The summed E-state index contributed by atoms with van der Waals surface area (Å²) in [6.07, 6.45) is 5.46. The van der Waals surface area contributed by atoms with E-state index in [1.54, 1.807) is 6.26 Å². The number of aryl methyl sites for hydroxylation is 2. The molecule has 1 N–H and O–H groups in total. The van der Waals surface area contributed by atoms with Gasteiger partial charge in [-0.05, 0) is 61.3 Å². The predicted octanol–water partition coefficient (Wildman–Crippen LogP) is 4.13. The third-order valence-corrected chi connectivity index (χ3v) is 4.21. The fourth-order valence-corrected chi connectivity index (χ4v) is 3.20. The van der Waals surface area contributed by atoms with E-state index in [4.69, 9.17) is 4.42 Å². The second kappa shape index (κ2) is 5.22. The lowest BCUT2D eigenvalue weighted by Crippen LogP contribution is -2.13. The Kier molecular flexibility index (Phi) is 3.43. The molecule has 0 bridgehead atoms. The van der Waals surface area contributed by atoms with Gasteiger partial charge < -0.3 is 9.52 Å². The zero-order valence-electron chi connectivity index (χ0n) is 11.3. The molecule has 1 aromatic heterocycles. The van der Waals surface area contributed by atoms with Crippen molar-refractivity contribution in [1.82, 2.24) is 0 Å². The van der Waals surface area contributed by atoms with Crippen molar-refractivity contribution in [1.29, 1.82) is 0 Å². The Labute approximate surface area is 114 Å². The summed E-state index contributed by atoms with van der Waals surface area (Å²) in [7, 11) is 0. The molecule has 1 aromatic carbocycles. The molecule has 100 valence electrons. The number of fused-ring (bicyclic) bond motifs is 1. The molecule has 0 radical (unpaired) electrons.